The van der Waals surface area contributed by atoms with Crippen molar-refractivity contribution < 1.29 is 14.3 Å². The van der Waals surface area contributed by atoms with E-state index in [1.165, 1.54) is 41.3 Å². The van der Waals surface area contributed by atoms with Gasteiger partial charge in [-0.15, -0.1) is 11.3 Å². The van der Waals surface area contributed by atoms with Gasteiger partial charge in [0.2, 0.25) is 0 Å². The molecule has 132 valence electrons. The molecule has 0 unspecified atom stereocenters. The molecule has 0 spiro atoms. The number of hydrogen-bond acceptors (Lipinski definition) is 4. The van der Waals surface area contributed by atoms with E-state index in [0.29, 0.717) is 6.42 Å². The van der Waals surface area contributed by atoms with Crippen LogP contribution in [0.15, 0.2) is 42.5 Å². The van der Waals surface area contributed by atoms with Gasteiger partial charge < -0.3 is 10.8 Å². The van der Waals surface area contributed by atoms with Gasteiger partial charge in [0.25, 0.3) is 0 Å². The molecule has 4 N–H and O–H groups in total. The number of hydrogen-bond donors (Lipinski definition) is 3. The smallest absolute Gasteiger partial charge is 0.328 e. The van der Waals surface area contributed by atoms with E-state index < -0.39 is 5.97 Å². The zero-order valence-electron chi connectivity index (χ0n) is 13.5. The highest BCUT2D eigenvalue weighted by Crippen LogP contribution is 2.34. The van der Waals surface area contributed by atoms with Crippen LogP contribution in [0.2, 0.25) is 0 Å². The molecule has 0 saturated heterocycles. The Balaban J connectivity index is 2.07. The Bertz CT molecular complexity index is 770. The second-order valence-electron chi connectivity index (χ2n) is 5.35. The highest BCUT2D eigenvalue weighted by Gasteiger charge is 2.09. The SMILES string of the molecule is N=C(N)SCCCC/C(=C/C(=O)O)c1ccc(-c2ccc(F)cc2)s1. The third-order valence-electron chi connectivity index (χ3n) is 3.45. The zero-order chi connectivity index (χ0) is 18.2. The first-order valence-corrected chi connectivity index (χ1v) is 9.52. The van der Waals surface area contributed by atoms with Crippen LogP contribution < -0.4 is 5.73 Å². The van der Waals surface area contributed by atoms with Gasteiger partial charge in [0.1, 0.15) is 5.82 Å². The van der Waals surface area contributed by atoms with E-state index in [0.717, 1.165) is 39.5 Å². The second-order valence-corrected chi connectivity index (χ2v) is 7.57. The lowest BCUT2D eigenvalue weighted by atomic mass is 10.1. The Morgan fingerprint density at radius 2 is 1.96 bits per heavy atom. The van der Waals surface area contributed by atoms with Crippen molar-refractivity contribution in [3.8, 4) is 10.4 Å². The Labute approximate surface area is 154 Å². The number of amidine groups is 1. The van der Waals surface area contributed by atoms with Crippen LogP contribution in [0.25, 0.3) is 16.0 Å². The number of carboxylic acid groups (broad SMARTS) is 1. The Morgan fingerprint density at radius 1 is 1.24 bits per heavy atom. The standard InChI is InChI=1S/C18H19FN2O2S2/c19-14-6-4-12(5-7-14)15-8-9-16(25-15)13(11-17(22)23)3-1-2-10-24-18(20)21/h4-9,11H,1-3,10H2,(H3,20,21)(H,22,23)/b13-11-. The summed E-state index contributed by atoms with van der Waals surface area (Å²) < 4.78 is 13.0. The molecule has 25 heavy (non-hydrogen) atoms. The summed E-state index contributed by atoms with van der Waals surface area (Å²) >= 11 is 2.79. The van der Waals surface area contributed by atoms with Gasteiger partial charge in [-0.1, -0.05) is 23.9 Å². The van der Waals surface area contributed by atoms with Crippen LogP contribution in [-0.2, 0) is 4.79 Å². The maximum atomic E-state index is 13.0. The van der Waals surface area contributed by atoms with E-state index in [1.807, 2.05) is 12.1 Å². The van der Waals surface area contributed by atoms with Crippen LogP contribution in [0.4, 0.5) is 4.39 Å². The predicted molar refractivity (Wildman–Crippen MR) is 104 cm³/mol. The number of rotatable bonds is 8. The molecule has 0 aliphatic carbocycles. The number of halogens is 1. The molecule has 0 bridgehead atoms. The maximum Gasteiger partial charge on any atom is 0.328 e. The first kappa shape index (κ1) is 19.2. The fraction of sp³-hybridized carbons (Fsp3) is 0.222. The van der Waals surface area contributed by atoms with Gasteiger partial charge in [0.15, 0.2) is 5.17 Å². The summed E-state index contributed by atoms with van der Waals surface area (Å²) in [4.78, 5) is 13.0. The van der Waals surface area contributed by atoms with Gasteiger partial charge in [-0.3, -0.25) is 5.41 Å². The van der Waals surface area contributed by atoms with Crippen LogP contribution in [-0.4, -0.2) is 22.0 Å². The number of benzene rings is 1. The first-order valence-electron chi connectivity index (χ1n) is 7.72. The number of thioether (sulfide) groups is 1. The molecule has 0 aliphatic rings. The number of allylic oxidation sites excluding steroid dienone is 1. The van der Waals surface area contributed by atoms with E-state index in [4.69, 9.17) is 16.2 Å². The monoisotopic (exact) mass is 378 g/mol. The third kappa shape index (κ3) is 6.36. The topological polar surface area (TPSA) is 87.2 Å². The van der Waals surface area contributed by atoms with Gasteiger partial charge in [-0.25, -0.2) is 9.18 Å². The predicted octanol–water partition coefficient (Wildman–Crippen LogP) is 4.82. The molecule has 0 fully saturated rings. The number of carbonyl (C=O) groups is 1. The van der Waals surface area contributed by atoms with Gasteiger partial charge in [0, 0.05) is 21.6 Å². The molecule has 0 aliphatic heterocycles. The van der Waals surface area contributed by atoms with Crippen molar-refractivity contribution >= 4 is 39.8 Å². The molecule has 0 atom stereocenters. The Morgan fingerprint density at radius 3 is 2.60 bits per heavy atom. The van der Waals surface area contributed by atoms with Gasteiger partial charge in [0.05, 0.1) is 0 Å². The molecule has 0 radical (unpaired) electrons. The van der Waals surface area contributed by atoms with Crippen molar-refractivity contribution in [3.05, 3.63) is 53.2 Å². The van der Waals surface area contributed by atoms with Crippen molar-refractivity contribution in [3.63, 3.8) is 0 Å². The minimum atomic E-state index is -0.968. The van der Waals surface area contributed by atoms with E-state index >= 15 is 0 Å². The molecule has 1 aromatic heterocycles. The van der Waals surface area contributed by atoms with Crippen molar-refractivity contribution in [2.24, 2.45) is 5.73 Å². The normalized spacial score (nSPS) is 11.5. The molecule has 2 aromatic rings. The molecule has 0 amide bonds. The minimum absolute atomic E-state index is 0.100. The lowest BCUT2D eigenvalue weighted by Crippen LogP contribution is -2.04. The fourth-order valence-electron chi connectivity index (χ4n) is 2.29. The van der Waals surface area contributed by atoms with E-state index in [9.17, 15) is 9.18 Å². The van der Waals surface area contributed by atoms with E-state index in [2.05, 4.69) is 0 Å². The minimum Gasteiger partial charge on any atom is -0.478 e. The molecular formula is C18H19FN2O2S2. The summed E-state index contributed by atoms with van der Waals surface area (Å²) in [5.74, 6) is -0.499. The third-order valence-corrected chi connectivity index (χ3v) is 5.46. The average molecular weight is 378 g/mol. The Hall–Kier alpha value is -2.12. The van der Waals surface area contributed by atoms with Gasteiger partial charge >= 0.3 is 5.97 Å². The van der Waals surface area contributed by atoms with Crippen LogP contribution in [0.5, 0.6) is 0 Å². The molecule has 1 heterocycles. The molecule has 0 saturated carbocycles. The fourth-order valence-corrected chi connectivity index (χ4v) is 3.92. The van der Waals surface area contributed by atoms with Gasteiger partial charge in [-0.2, -0.15) is 0 Å². The van der Waals surface area contributed by atoms with Crippen molar-refractivity contribution in [2.75, 3.05) is 5.75 Å². The van der Waals surface area contributed by atoms with Crippen LogP contribution >= 0.6 is 23.1 Å². The quantitative estimate of drug-likeness (QED) is 0.266. The zero-order valence-corrected chi connectivity index (χ0v) is 15.1. The number of nitrogens with one attached hydrogen (secondary N) is 1. The number of aliphatic carboxylic acids is 1. The molecule has 2 rings (SSSR count). The summed E-state index contributed by atoms with van der Waals surface area (Å²) in [7, 11) is 0. The maximum absolute atomic E-state index is 13.0. The van der Waals surface area contributed by atoms with Crippen LogP contribution in [0.3, 0.4) is 0 Å². The van der Waals surface area contributed by atoms with Crippen LogP contribution in [0, 0.1) is 11.2 Å². The molecule has 7 heteroatoms. The number of thiophene rings is 1. The second kappa shape index (κ2) is 9.39. The summed E-state index contributed by atoms with van der Waals surface area (Å²) in [5.41, 5.74) is 6.98. The van der Waals surface area contributed by atoms with Crippen LogP contribution in [0.1, 0.15) is 24.1 Å². The lowest BCUT2D eigenvalue weighted by molar-refractivity contribution is -0.131. The summed E-state index contributed by atoms with van der Waals surface area (Å²) in [6.07, 6.45) is 3.58. The van der Waals surface area contributed by atoms with Crippen molar-refractivity contribution in [1.82, 2.24) is 0 Å². The summed E-state index contributed by atoms with van der Waals surface area (Å²) in [6, 6.07) is 10.1. The van der Waals surface area contributed by atoms with Gasteiger partial charge in [-0.05, 0) is 54.7 Å². The highest BCUT2D eigenvalue weighted by molar-refractivity contribution is 8.13. The summed E-state index contributed by atoms with van der Waals surface area (Å²) in [5, 5.41) is 16.4. The average Bonchev–Trinajstić information content (AvgIpc) is 3.03. The molecule has 1 aromatic carbocycles. The van der Waals surface area contributed by atoms with Crippen molar-refractivity contribution in [1.29, 1.82) is 5.41 Å². The first-order chi connectivity index (χ1) is 12.0. The lowest BCUT2D eigenvalue weighted by Gasteiger charge is -2.05. The van der Waals surface area contributed by atoms with Crippen molar-refractivity contribution in [2.45, 2.75) is 19.3 Å². The molecule has 4 nitrogen and oxygen atoms in total. The number of nitrogens with two attached hydrogens (primary N) is 1. The largest absolute Gasteiger partial charge is 0.478 e. The Kier molecular flexibility index (Phi) is 7.21. The summed E-state index contributed by atoms with van der Waals surface area (Å²) in [6.45, 7) is 0. The van der Waals surface area contributed by atoms with E-state index in [-0.39, 0.29) is 11.0 Å². The van der Waals surface area contributed by atoms with E-state index in [1.54, 1.807) is 12.1 Å². The number of unbranched alkanes of at least 4 members (excludes halogenated alkanes) is 1. The highest BCUT2D eigenvalue weighted by atomic mass is 32.2. The molecular weight excluding hydrogens is 359 g/mol. The number of carboxylic acids is 1.